The van der Waals surface area contributed by atoms with Crippen LogP contribution in [0.1, 0.15) is 35.9 Å². The van der Waals surface area contributed by atoms with Gasteiger partial charge in [-0.3, -0.25) is 4.79 Å². The van der Waals surface area contributed by atoms with Gasteiger partial charge in [-0.05, 0) is 23.9 Å². The highest BCUT2D eigenvalue weighted by Crippen LogP contribution is 2.29. The average Bonchev–Trinajstić information content (AvgIpc) is 2.94. The van der Waals surface area contributed by atoms with E-state index in [0.29, 0.717) is 11.3 Å². The van der Waals surface area contributed by atoms with Crippen molar-refractivity contribution in [1.82, 2.24) is 5.32 Å². The van der Waals surface area contributed by atoms with E-state index in [9.17, 15) is 9.59 Å². The van der Waals surface area contributed by atoms with E-state index in [1.54, 1.807) is 11.3 Å². The fourth-order valence-electron chi connectivity index (χ4n) is 1.77. The van der Waals surface area contributed by atoms with Crippen LogP contribution in [-0.4, -0.2) is 23.0 Å². The Morgan fingerprint density at radius 1 is 1.42 bits per heavy atom. The summed E-state index contributed by atoms with van der Waals surface area (Å²) in [5.41, 5.74) is 0. The number of hydrogen-bond donors (Lipinski definition) is 2. The third kappa shape index (κ3) is 3.33. The number of carbonyl (C=O) groups excluding carboxylic acids is 1. The zero-order chi connectivity index (χ0) is 13.8. The molecule has 0 aromatic carbocycles. The third-order valence-electron chi connectivity index (χ3n) is 2.81. The van der Waals surface area contributed by atoms with Gasteiger partial charge in [-0.2, -0.15) is 0 Å². The van der Waals surface area contributed by atoms with Crippen LogP contribution in [0.15, 0.2) is 17.5 Å². The molecule has 6 heteroatoms. The zero-order valence-electron chi connectivity index (χ0n) is 10.5. The molecule has 0 saturated carbocycles. The summed E-state index contributed by atoms with van der Waals surface area (Å²) in [6.07, 6.45) is 2.17. The number of carboxylic acid groups (broad SMARTS) is 1. The number of thiophene rings is 2. The first-order valence-electron chi connectivity index (χ1n) is 6.12. The number of nitrogens with one attached hydrogen (secondary N) is 1. The molecule has 4 nitrogen and oxygen atoms in total. The number of amides is 1. The molecule has 0 aliphatic heterocycles. The number of fused-ring (bicyclic) bond motifs is 1. The molecular weight excluding hydrogens is 282 g/mol. The maximum absolute atomic E-state index is 12.0. The van der Waals surface area contributed by atoms with Gasteiger partial charge in [-0.1, -0.05) is 19.8 Å². The predicted octanol–water partition coefficient (Wildman–Crippen LogP) is 3.34. The average molecular weight is 297 g/mol. The van der Waals surface area contributed by atoms with Gasteiger partial charge in [0.25, 0.3) is 5.91 Å². The minimum absolute atomic E-state index is 0.295. The van der Waals surface area contributed by atoms with Crippen LogP contribution in [-0.2, 0) is 4.79 Å². The second kappa shape index (κ2) is 6.16. The summed E-state index contributed by atoms with van der Waals surface area (Å²) in [5, 5.41) is 13.7. The molecule has 102 valence electrons. The Labute approximate surface area is 119 Å². The van der Waals surface area contributed by atoms with Crippen LogP contribution in [0, 0.1) is 0 Å². The quantitative estimate of drug-likeness (QED) is 0.859. The van der Waals surface area contributed by atoms with E-state index in [-0.39, 0.29) is 5.91 Å². The fraction of sp³-hybridized carbons (Fsp3) is 0.385. The molecule has 1 amide bonds. The molecule has 2 N–H and O–H groups in total. The minimum atomic E-state index is -0.972. The lowest BCUT2D eigenvalue weighted by Crippen LogP contribution is -2.40. The van der Waals surface area contributed by atoms with E-state index in [0.717, 1.165) is 22.2 Å². The molecular formula is C13H15NO3S2. The van der Waals surface area contributed by atoms with Crippen LogP contribution in [0.2, 0.25) is 0 Å². The highest BCUT2D eigenvalue weighted by molar-refractivity contribution is 7.27. The molecule has 2 aromatic rings. The first-order valence-corrected chi connectivity index (χ1v) is 7.82. The molecule has 0 saturated heterocycles. The van der Waals surface area contributed by atoms with Gasteiger partial charge < -0.3 is 10.4 Å². The molecule has 0 fully saturated rings. The van der Waals surface area contributed by atoms with Gasteiger partial charge in [0.15, 0.2) is 0 Å². The van der Waals surface area contributed by atoms with Gasteiger partial charge in [0.05, 0.1) is 4.88 Å². The number of hydrogen-bond acceptors (Lipinski definition) is 4. The van der Waals surface area contributed by atoms with E-state index >= 15 is 0 Å². The van der Waals surface area contributed by atoms with Crippen LogP contribution in [0.25, 0.3) is 9.40 Å². The van der Waals surface area contributed by atoms with Crippen molar-refractivity contribution in [3.05, 3.63) is 22.4 Å². The maximum Gasteiger partial charge on any atom is 0.326 e. The van der Waals surface area contributed by atoms with E-state index < -0.39 is 12.0 Å². The molecule has 0 aliphatic carbocycles. The second-order valence-corrected chi connectivity index (χ2v) is 6.30. The van der Waals surface area contributed by atoms with Gasteiger partial charge >= 0.3 is 5.97 Å². The Morgan fingerprint density at radius 2 is 2.21 bits per heavy atom. The van der Waals surface area contributed by atoms with Crippen molar-refractivity contribution in [1.29, 1.82) is 0 Å². The highest BCUT2D eigenvalue weighted by Gasteiger charge is 2.21. The predicted molar refractivity (Wildman–Crippen MR) is 78.1 cm³/mol. The number of carbonyl (C=O) groups is 2. The first-order chi connectivity index (χ1) is 9.11. The molecule has 0 radical (unpaired) electrons. The number of aliphatic carboxylic acids is 1. The van der Waals surface area contributed by atoms with E-state index in [1.165, 1.54) is 11.3 Å². The lowest BCUT2D eigenvalue weighted by molar-refractivity contribution is -0.139. The number of rotatable bonds is 6. The van der Waals surface area contributed by atoms with E-state index in [2.05, 4.69) is 5.32 Å². The minimum Gasteiger partial charge on any atom is -0.480 e. The summed E-state index contributed by atoms with van der Waals surface area (Å²) < 4.78 is 2.13. The van der Waals surface area contributed by atoms with Crippen molar-refractivity contribution in [2.24, 2.45) is 0 Å². The van der Waals surface area contributed by atoms with E-state index in [1.807, 2.05) is 24.4 Å². The maximum atomic E-state index is 12.0. The summed E-state index contributed by atoms with van der Waals surface area (Å²) >= 11 is 2.97. The largest absolute Gasteiger partial charge is 0.480 e. The Balaban J connectivity index is 2.06. The molecule has 2 aromatic heterocycles. The Hall–Kier alpha value is -1.40. The van der Waals surface area contributed by atoms with E-state index in [4.69, 9.17) is 5.11 Å². The molecule has 0 unspecified atom stereocenters. The lowest BCUT2D eigenvalue weighted by atomic mass is 10.1. The topological polar surface area (TPSA) is 66.4 Å². The second-order valence-electron chi connectivity index (χ2n) is 4.27. The van der Waals surface area contributed by atoms with Crippen molar-refractivity contribution in [2.45, 2.75) is 32.2 Å². The van der Waals surface area contributed by atoms with Crippen LogP contribution < -0.4 is 5.32 Å². The van der Waals surface area contributed by atoms with Crippen molar-refractivity contribution in [3.63, 3.8) is 0 Å². The smallest absolute Gasteiger partial charge is 0.326 e. The summed E-state index contributed by atoms with van der Waals surface area (Å²) in [4.78, 5) is 23.7. The third-order valence-corrected chi connectivity index (χ3v) is 4.91. The standard InChI is InChI=1S/C13H15NO3S2/c1-2-3-4-8(13(16)17)14-12(15)11-7-10-9(19-11)5-6-18-10/h5-8H,2-4H2,1H3,(H,14,15)(H,16,17)/t8-/m0/s1. The number of carboxylic acids is 1. The van der Waals surface area contributed by atoms with Crippen LogP contribution in [0.3, 0.4) is 0 Å². The zero-order valence-corrected chi connectivity index (χ0v) is 12.1. The SMILES string of the molecule is CCCC[C@H](NC(=O)c1cc2sccc2s1)C(=O)O. The monoisotopic (exact) mass is 297 g/mol. The van der Waals surface area contributed by atoms with Crippen molar-refractivity contribution in [2.75, 3.05) is 0 Å². The molecule has 0 spiro atoms. The fourth-order valence-corrected chi connectivity index (χ4v) is 3.78. The summed E-state index contributed by atoms with van der Waals surface area (Å²) in [5.74, 6) is -1.27. The number of unbranched alkanes of at least 4 members (excludes halogenated alkanes) is 1. The van der Waals surface area contributed by atoms with Crippen LogP contribution >= 0.6 is 22.7 Å². The summed E-state index contributed by atoms with van der Waals surface area (Å²) in [6.45, 7) is 1.99. The molecule has 1 atom stereocenters. The van der Waals surface area contributed by atoms with Gasteiger partial charge in [0, 0.05) is 9.40 Å². The van der Waals surface area contributed by atoms with Crippen molar-refractivity contribution in [3.8, 4) is 0 Å². The Morgan fingerprint density at radius 3 is 2.84 bits per heavy atom. The summed E-state index contributed by atoms with van der Waals surface area (Å²) in [7, 11) is 0. The first kappa shape index (κ1) is 14.0. The highest BCUT2D eigenvalue weighted by atomic mass is 32.1. The normalized spacial score (nSPS) is 12.5. The van der Waals surface area contributed by atoms with Gasteiger partial charge in [0.2, 0.25) is 0 Å². The molecule has 19 heavy (non-hydrogen) atoms. The lowest BCUT2D eigenvalue weighted by Gasteiger charge is -2.13. The molecule has 0 bridgehead atoms. The van der Waals surface area contributed by atoms with Crippen LogP contribution in [0.5, 0.6) is 0 Å². The van der Waals surface area contributed by atoms with Crippen molar-refractivity contribution >= 4 is 43.9 Å². The summed E-state index contributed by atoms with van der Waals surface area (Å²) in [6, 6.07) is 2.99. The van der Waals surface area contributed by atoms with Crippen molar-refractivity contribution < 1.29 is 14.7 Å². The Bertz CT molecular complexity index is 559. The Kier molecular flexibility index (Phi) is 4.55. The van der Waals surface area contributed by atoms with Gasteiger partial charge in [-0.15, -0.1) is 22.7 Å². The molecule has 2 heterocycles. The van der Waals surface area contributed by atoms with Gasteiger partial charge in [-0.25, -0.2) is 4.79 Å². The molecule has 0 aliphatic rings. The molecule has 2 rings (SSSR count). The van der Waals surface area contributed by atoms with Gasteiger partial charge in [0.1, 0.15) is 6.04 Å². The van der Waals surface area contributed by atoms with Crippen LogP contribution in [0.4, 0.5) is 0 Å².